The van der Waals surface area contributed by atoms with Crippen LogP contribution < -0.4 is 5.32 Å². The predicted octanol–water partition coefficient (Wildman–Crippen LogP) is 4.75. The molecule has 0 aliphatic carbocycles. The molecule has 0 aromatic heterocycles. The van der Waals surface area contributed by atoms with Crippen molar-refractivity contribution >= 4 is 34.4 Å². The van der Waals surface area contributed by atoms with Crippen LogP contribution in [0.4, 0.5) is 10.5 Å². The maximum Gasteiger partial charge on any atom is 0.411 e. The second-order valence-corrected chi connectivity index (χ2v) is 8.81. The average Bonchev–Trinajstić information content (AvgIpc) is 2.93. The number of carbonyl (C=O) groups is 3. The van der Waals surface area contributed by atoms with Gasteiger partial charge in [-0.3, -0.25) is 15.3 Å². The average molecular weight is 520 g/mol. The van der Waals surface area contributed by atoms with Crippen LogP contribution in [-0.2, 0) is 32.2 Å². The number of unbranched alkanes of at least 4 members (excludes halogenated alkanes) is 1. The van der Waals surface area contributed by atoms with Gasteiger partial charge in [-0.1, -0.05) is 60.7 Å². The van der Waals surface area contributed by atoms with Crippen molar-refractivity contribution in [1.29, 1.82) is 0 Å². The third-order valence-corrected chi connectivity index (χ3v) is 5.85. The van der Waals surface area contributed by atoms with Crippen LogP contribution in [0.1, 0.15) is 24.0 Å². The molecule has 0 radical (unpaired) electrons. The van der Waals surface area contributed by atoms with Crippen molar-refractivity contribution in [2.75, 3.05) is 32.6 Å². The first-order valence-corrected chi connectivity index (χ1v) is 12.3. The highest BCUT2D eigenvalue weighted by molar-refractivity contribution is 6.00. The van der Waals surface area contributed by atoms with Gasteiger partial charge in [-0.05, 0) is 49.0 Å². The van der Waals surface area contributed by atoms with Gasteiger partial charge in [-0.2, -0.15) is 0 Å². The molecule has 0 saturated heterocycles. The fraction of sp³-hybridized carbons (Fsp3) is 0.276. The molecule has 0 spiro atoms. The number of hydrogen-bond donors (Lipinski definition) is 2. The van der Waals surface area contributed by atoms with E-state index >= 15 is 0 Å². The van der Waals surface area contributed by atoms with Crippen molar-refractivity contribution in [2.45, 2.75) is 26.0 Å². The molecular formula is C29H33N3O6. The zero-order valence-electron chi connectivity index (χ0n) is 21.6. The minimum atomic E-state index is -0.668. The number of esters is 1. The molecule has 2 N–H and O–H groups in total. The number of fused-ring (bicyclic) bond motifs is 1. The third-order valence-electron chi connectivity index (χ3n) is 5.85. The summed E-state index contributed by atoms with van der Waals surface area (Å²) >= 11 is 0. The Morgan fingerprint density at radius 1 is 0.895 bits per heavy atom. The summed E-state index contributed by atoms with van der Waals surface area (Å²) in [6.45, 7) is 1.84. The first kappa shape index (κ1) is 28.4. The molecule has 3 aromatic rings. The maximum absolute atomic E-state index is 12.3. The smallest absolute Gasteiger partial charge is 0.411 e. The van der Waals surface area contributed by atoms with Gasteiger partial charge in [0.05, 0.1) is 12.8 Å². The van der Waals surface area contributed by atoms with Gasteiger partial charge < -0.3 is 14.4 Å². The van der Waals surface area contributed by atoms with Gasteiger partial charge in [0.2, 0.25) is 0 Å². The molecule has 0 unspecified atom stereocenters. The standard InChI is InChI=1S/C29H33N3O6/c1-31(18-5-6-19-32(36)27(33)16-17-28(34)37-2)20-22-12-14-23(15-13-22)21-38-29(35)30-26-11-7-9-24-8-3-4-10-25(24)26/h3-4,7-17,36H,5-6,18-21H2,1-2H3,(H,30,35)/b17-16+. The van der Waals surface area contributed by atoms with E-state index in [1.54, 1.807) is 0 Å². The molecule has 9 nitrogen and oxygen atoms in total. The van der Waals surface area contributed by atoms with E-state index in [1.807, 2.05) is 73.8 Å². The van der Waals surface area contributed by atoms with Crippen LogP contribution in [-0.4, -0.2) is 60.4 Å². The maximum atomic E-state index is 12.3. The predicted molar refractivity (Wildman–Crippen MR) is 144 cm³/mol. The molecule has 3 aromatic carbocycles. The van der Waals surface area contributed by atoms with Gasteiger partial charge in [0.25, 0.3) is 5.91 Å². The molecule has 0 atom stereocenters. The number of nitrogens with zero attached hydrogens (tertiary/aromatic N) is 2. The first-order valence-electron chi connectivity index (χ1n) is 12.3. The second-order valence-electron chi connectivity index (χ2n) is 8.81. The van der Waals surface area contributed by atoms with E-state index in [4.69, 9.17) is 4.74 Å². The Morgan fingerprint density at radius 3 is 2.34 bits per heavy atom. The number of rotatable bonds is 12. The molecule has 0 saturated carbocycles. The van der Waals surface area contributed by atoms with E-state index in [0.29, 0.717) is 17.2 Å². The van der Waals surface area contributed by atoms with Gasteiger partial charge >= 0.3 is 12.1 Å². The quantitative estimate of drug-likeness (QED) is 0.117. The molecular weight excluding hydrogens is 486 g/mol. The van der Waals surface area contributed by atoms with Crippen LogP contribution >= 0.6 is 0 Å². The summed E-state index contributed by atoms with van der Waals surface area (Å²) in [6, 6.07) is 21.4. The monoisotopic (exact) mass is 519 g/mol. The highest BCUT2D eigenvalue weighted by Gasteiger charge is 2.09. The lowest BCUT2D eigenvalue weighted by atomic mass is 10.1. The summed E-state index contributed by atoms with van der Waals surface area (Å²) in [5.74, 6) is -1.32. The Kier molecular flexibility index (Phi) is 10.8. The van der Waals surface area contributed by atoms with E-state index < -0.39 is 18.0 Å². The second kappa shape index (κ2) is 14.5. The molecule has 38 heavy (non-hydrogen) atoms. The number of carbonyl (C=O) groups excluding carboxylic acids is 3. The summed E-state index contributed by atoms with van der Waals surface area (Å²) in [4.78, 5) is 37.2. The van der Waals surface area contributed by atoms with Crippen LogP contribution in [0.15, 0.2) is 78.9 Å². The van der Waals surface area contributed by atoms with Crippen molar-refractivity contribution in [3.8, 4) is 0 Å². The largest absolute Gasteiger partial charge is 0.466 e. The number of nitrogens with one attached hydrogen (secondary N) is 1. The topological polar surface area (TPSA) is 108 Å². The lowest BCUT2D eigenvalue weighted by molar-refractivity contribution is -0.159. The van der Waals surface area contributed by atoms with Crippen LogP contribution in [0.3, 0.4) is 0 Å². The fourth-order valence-corrected chi connectivity index (χ4v) is 3.81. The van der Waals surface area contributed by atoms with Gasteiger partial charge in [0, 0.05) is 30.6 Å². The molecule has 0 fully saturated rings. The van der Waals surface area contributed by atoms with Crippen LogP contribution in [0.5, 0.6) is 0 Å². The summed E-state index contributed by atoms with van der Waals surface area (Å²) in [7, 11) is 3.21. The minimum Gasteiger partial charge on any atom is -0.466 e. The van der Waals surface area contributed by atoms with Gasteiger partial charge in [-0.15, -0.1) is 0 Å². The normalized spacial score (nSPS) is 11.1. The number of benzene rings is 3. The molecule has 200 valence electrons. The molecule has 0 aliphatic heterocycles. The van der Waals surface area contributed by atoms with Crippen molar-refractivity contribution in [1.82, 2.24) is 9.96 Å². The lowest BCUT2D eigenvalue weighted by Crippen LogP contribution is -2.27. The summed E-state index contributed by atoms with van der Waals surface area (Å²) in [5.41, 5.74) is 2.71. The summed E-state index contributed by atoms with van der Waals surface area (Å²) < 4.78 is 9.81. The van der Waals surface area contributed by atoms with E-state index in [9.17, 15) is 19.6 Å². The highest BCUT2D eigenvalue weighted by atomic mass is 16.5. The molecule has 9 heteroatoms. The molecule has 0 bridgehead atoms. The van der Waals surface area contributed by atoms with Gasteiger partial charge in [-0.25, -0.2) is 14.7 Å². The van der Waals surface area contributed by atoms with Gasteiger partial charge in [0.1, 0.15) is 6.61 Å². The molecule has 0 aliphatic rings. The van der Waals surface area contributed by atoms with Crippen molar-refractivity contribution in [3.05, 3.63) is 90.0 Å². The molecule has 2 amide bonds. The minimum absolute atomic E-state index is 0.165. The molecule has 3 rings (SSSR count). The Bertz CT molecular complexity index is 1250. The lowest BCUT2D eigenvalue weighted by Gasteiger charge is -2.18. The van der Waals surface area contributed by atoms with Crippen molar-refractivity contribution in [3.63, 3.8) is 0 Å². The van der Waals surface area contributed by atoms with E-state index in [-0.39, 0.29) is 13.2 Å². The fourth-order valence-electron chi connectivity index (χ4n) is 3.81. The number of amides is 2. The zero-order chi connectivity index (χ0) is 27.3. The van der Waals surface area contributed by atoms with E-state index in [1.165, 1.54) is 7.11 Å². The SMILES string of the molecule is COC(=O)/C=C/C(=O)N(O)CCCCN(C)Cc1ccc(COC(=O)Nc2cccc3ccccc23)cc1. The number of methoxy groups -OCH3 is 1. The van der Waals surface area contributed by atoms with Crippen LogP contribution in [0.2, 0.25) is 0 Å². The Hall–Kier alpha value is -4.21. The van der Waals surface area contributed by atoms with E-state index in [2.05, 4.69) is 15.0 Å². The number of hydrogen-bond acceptors (Lipinski definition) is 7. The Labute approximate surface area is 222 Å². The number of anilines is 1. The zero-order valence-corrected chi connectivity index (χ0v) is 21.6. The summed E-state index contributed by atoms with van der Waals surface area (Å²) in [5, 5.41) is 15.2. The Morgan fingerprint density at radius 2 is 1.58 bits per heavy atom. The first-order chi connectivity index (χ1) is 18.4. The number of ether oxygens (including phenoxy) is 2. The third kappa shape index (κ3) is 9.02. The highest BCUT2D eigenvalue weighted by Crippen LogP contribution is 2.23. The van der Waals surface area contributed by atoms with Crippen LogP contribution in [0.25, 0.3) is 10.8 Å². The van der Waals surface area contributed by atoms with Crippen molar-refractivity contribution in [2.24, 2.45) is 0 Å². The summed E-state index contributed by atoms with van der Waals surface area (Å²) in [6.07, 6.45) is 2.82. The Balaban J connectivity index is 1.36. The van der Waals surface area contributed by atoms with E-state index in [0.717, 1.165) is 53.6 Å². The number of hydroxylamine groups is 2. The molecule has 0 heterocycles. The van der Waals surface area contributed by atoms with Crippen LogP contribution in [0, 0.1) is 0 Å². The van der Waals surface area contributed by atoms with Crippen molar-refractivity contribution < 1.29 is 29.1 Å². The van der Waals surface area contributed by atoms with Gasteiger partial charge in [0.15, 0.2) is 0 Å².